The van der Waals surface area contributed by atoms with Gasteiger partial charge in [0.25, 0.3) is 0 Å². The summed E-state index contributed by atoms with van der Waals surface area (Å²) < 4.78 is 6.04. The summed E-state index contributed by atoms with van der Waals surface area (Å²) in [5.74, 6) is 0. The minimum Gasteiger partial charge on any atom is -0.368 e. The lowest BCUT2D eigenvalue weighted by Gasteiger charge is -2.25. The summed E-state index contributed by atoms with van der Waals surface area (Å²) >= 11 is 1.79. The molecule has 0 aromatic carbocycles. The van der Waals surface area contributed by atoms with Gasteiger partial charge in [-0.3, -0.25) is 0 Å². The van der Waals surface area contributed by atoms with Crippen LogP contribution in [0.2, 0.25) is 0 Å². The van der Waals surface area contributed by atoms with Gasteiger partial charge in [0.1, 0.15) is 6.10 Å². The van der Waals surface area contributed by atoms with Crippen molar-refractivity contribution < 1.29 is 4.74 Å². The maximum atomic E-state index is 6.14. The maximum Gasteiger partial charge on any atom is 0.107 e. The lowest BCUT2D eigenvalue weighted by atomic mass is 10.1. The molecule has 3 unspecified atom stereocenters. The Morgan fingerprint density at radius 1 is 1.31 bits per heavy atom. The zero-order valence-corrected chi connectivity index (χ0v) is 11.5. The fourth-order valence-corrected chi connectivity index (χ4v) is 2.54. The molecule has 1 rings (SSSR count). The number of aryl methyl sites for hydroxylation is 1. The molecule has 1 aromatic rings. The molecule has 0 fully saturated rings. The minimum absolute atomic E-state index is 0.0543. The highest BCUT2D eigenvalue weighted by molar-refractivity contribution is 7.12. The van der Waals surface area contributed by atoms with Crippen LogP contribution in [0, 0.1) is 6.92 Å². The standard InChI is InChI=1S/C13H23NOS/c1-5-9(3)15-13(11(14)6-2)12-8-7-10(4)16-12/h7-9,11,13H,5-6,14H2,1-4H3. The number of ether oxygens (including phenoxy) is 1. The molecule has 0 aliphatic rings. The monoisotopic (exact) mass is 241 g/mol. The first-order valence-corrected chi connectivity index (χ1v) is 6.87. The minimum atomic E-state index is 0.0543. The van der Waals surface area contributed by atoms with Crippen LogP contribution in [-0.2, 0) is 4.74 Å². The lowest BCUT2D eigenvalue weighted by molar-refractivity contribution is -0.0177. The predicted molar refractivity (Wildman–Crippen MR) is 70.9 cm³/mol. The molecule has 0 saturated carbocycles. The largest absolute Gasteiger partial charge is 0.368 e. The van der Waals surface area contributed by atoms with Gasteiger partial charge in [0.2, 0.25) is 0 Å². The van der Waals surface area contributed by atoms with Gasteiger partial charge in [-0.2, -0.15) is 0 Å². The van der Waals surface area contributed by atoms with Gasteiger partial charge in [0.05, 0.1) is 6.10 Å². The van der Waals surface area contributed by atoms with Crippen molar-refractivity contribution in [2.75, 3.05) is 0 Å². The van der Waals surface area contributed by atoms with Crippen LogP contribution in [0.1, 0.15) is 49.5 Å². The third-order valence-corrected chi connectivity index (χ3v) is 3.92. The molecule has 0 spiro atoms. The Balaban J connectivity index is 2.78. The molecule has 2 nitrogen and oxygen atoms in total. The van der Waals surface area contributed by atoms with E-state index in [9.17, 15) is 0 Å². The van der Waals surface area contributed by atoms with Gasteiger partial charge in [0, 0.05) is 15.8 Å². The molecule has 0 radical (unpaired) electrons. The molecule has 0 bridgehead atoms. The Bertz CT molecular complexity index is 311. The van der Waals surface area contributed by atoms with Crippen molar-refractivity contribution >= 4 is 11.3 Å². The third kappa shape index (κ3) is 3.58. The Labute approximate surface area is 103 Å². The summed E-state index contributed by atoms with van der Waals surface area (Å²) in [6.45, 7) is 8.47. The maximum absolute atomic E-state index is 6.14. The zero-order valence-electron chi connectivity index (χ0n) is 10.7. The topological polar surface area (TPSA) is 35.2 Å². The second-order valence-electron chi connectivity index (χ2n) is 4.30. The molecule has 1 aromatic heterocycles. The van der Waals surface area contributed by atoms with Gasteiger partial charge in [-0.1, -0.05) is 13.8 Å². The van der Waals surface area contributed by atoms with Crippen molar-refractivity contribution in [3.05, 3.63) is 21.9 Å². The van der Waals surface area contributed by atoms with Gasteiger partial charge in [0.15, 0.2) is 0 Å². The van der Waals surface area contributed by atoms with Crippen molar-refractivity contribution in [1.29, 1.82) is 0 Å². The van der Waals surface area contributed by atoms with Gasteiger partial charge >= 0.3 is 0 Å². The van der Waals surface area contributed by atoms with Crippen LogP contribution in [0.5, 0.6) is 0 Å². The van der Waals surface area contributed by atoms with E-state index >= 15 is 0 Å². The van der Waals surface area contributed by atoms with E-state index < -0.39 is 0 Å². The van der Waals surface area contributed by atoms with E-state index in [-0.39, 0.29) is 18.2 Å². The molecule has 0 amide bonds. The van der Waals surface area contributed by atoms with Crippen LogP contribution in [0.4, 0.5) is 0 Å². The Kier molecular flexibility index (Phi) is 5.46. The number of rotatable bonds is 6. The van der Waals surface area contributed by atoms with Crippen LogP contribution in [-0.4, -0.2) is 12.1 Å². The van der Waals surface area contributed by atoms with E-state index in [0.29, 0.717) is 0 Å². The summed E-state index contributed by atoms with van der Waals surface area (Å²) in [5.41, 5.74) is 6.14. The van der Waals surface area contributed by atoms with E-state index in [1.54, 1.807) is 11.3 Å². The Morgan fingerprint density at radius 3 is 2.44 bits per heavy atom. The van der Waals surface area contributed by atoms with E-state index in [4.69, 9.17) is 10.5 Å². The smallest absolute Gasteiger partial charge is 0.107 e. The fourth-order valence-electron chi connectivity index (χ4n) is 1.55. The van der Waals surface area contributed by atoms with E-state index in [2.05, 4.69) is 39.8 Å². The van der Waals surface area contributed by atoms with Crippen LogP contribution in [0.3, 0.4) is 0 Å². The molecule has 0 aliphatic carbocycles. The van der Waals surface area contributed by atoms with Crippen molar-refractivity contribution in [2.45, 2.75) is 58.8 Å². The first-order chi connectivity index (χ1) is 7.58. The number of hydrogen-bond acceptors (Lipinski definition) is 3. The molecular formula is C13H23NOS. The molecule has 2 N–H and O–H groups in total. The molecule has 1 heterocycles. The lowest BCUT2D eigenvalue weighted by Crippen LogP contribution is -2.31. The first-order valence-electron chi connectivity index (χ1n) is 6.05. The average Bonchev–Trinajstić information content (AvgIpc) is 2.71. The highest BCUT2D eigenvalue weighted by Gasteiger charge is 2.22. The summed E-state index contributed by atoms with van der Waals surface area (Å²) in [6.07, 6.45) is 2.29. The van der Waals surface area contributed by atoms with E-state index in [1.807, 2.05) is 0 Å². The van der Waals surface area contributed by atoms with Crippen LogP contribution in [0.25, 0.3) is 0 Å². The molecule has 3 heteroatoms. The molecule has 0 saturated heterocycles. The highest BCUT2D eigenvalue weighted by atomic mass is 32.1. The number of hydrogen-bond donors (Lipinski definition) is 1. The summed E-state index contributed by atoms with van der Waals surface area (Å²) in [5, 5.41) is 0. The van der Waals surface area contributed by atoms with Gasteiger partial charge in [-0.25, -0.2) is 0 Å². The molecule has 92 valence electrons. The van der Waals surface area contributed by atoms with Crippen molar-refractivity contribution in [3.8, 4) is 0 Å². The molecule has 3 atom stereocenters. The van der Waals surface area contributed by atoms with Crippen LogP contribution < -0.4 is 5.73 Å². The van der Waals surface area contributed by atoms with E-state index in [1.165, 1.54) is 9.75 Å². The molecule has 0 aliphatic heterocycles. The number of thiophene rings is 1. The Morgan fingerprint density at radius 2 is 2.00 bits per heavy atom. The quantitative estimate of drug-likeness (QED) is 0.825. The van der Waals surface area contributed by atoms with Gasteiger partial charge in [-0.05, 0) is 38.8 Å². The van der Waals surface area contributed by atoms with Gasteiger partial charge in [-0.15, -0.1) is 11.3 Å². The average molecular weight is 241 g/mol. The zero-order chi connectivity index (χ0) is 12.1. The van der Waals surface area contributed by atoms with Crippen LogP contribution in [0.15, 0.2) is 12.1 Å². The van der Waals surface area contributed by atoms with Crippen molar-refractivity contribution in [1.82, 2.24) is 0 Å². The highest BCUT2D eigenvalue weighted by Crippen LogP contribution is 2.30. The summed E-state index contributed by atoms with van der Waals surface area (Å²) in [4.78, 5) is 2.57. The summed E-state index contributed by atoms with van der Waals surface area (Å²) in [6, 6.07) is 4.37. The normalized spacial score (nSPS) is 17.1. The number of nitrogens with two attached hydrogens (primary N) is 1. The molecular weight excluding hydrogens is 218 g/mol. The second kappa shape index (κ2) is 6.38. The summed E-state index contributed by atoms with van der Waals surface area (Å²) in [7, 11) is 0. The Hall–Kier alpha value is -0.380. The predicted octanol–water partition coefficient (Wildman–Crippen LogP) is 3.65. The SMILES string of the molecule is CCC(C)OC(c1ccc(C)s1)C(N)CC. The van der Waals surface area contributed by atoms with Crippen molar-refractivity contribution in [2.24, 2.45) is 5.73 Å². The van der Waals surface area contributed by atoms with Gasteiger partial charge < -0.3 is 10.5 Å². The molecule has 16 heavy (non-hydrogen) atoms. The van der Waals surface area contributed by atoms with E-state index in [0.717, 1.165) is 12.8 Å². The second-order valence-corrected chi connectivity index (χ2v) is 5.62. The first kappa shape index (κ1) is 13.7. The third-order valence-electron chi connectivity index (χ3n) is 2.86. The van der Waals surface area contributed by atoms with Crippen LogP contribution >= 0.6 is 11.3 Å². The fraction of sp³-hybridized carbons (Fsp3) is 0.692. The van der Waals surface area contributed by atoms with Crippen molar-refractivity contribution in [3.63, 3.8) is 0 Å².